The van der Waals surface area contributed by atoms with Gasteiger partial charge in [-0.05, 0) is 18.4 Å². The number of benzene rings is 2. The molecule has 5 rings (SSSR count). The minimum absolute atomic E-state index is 0.0727. The van der Waals surface area contributed by atoms with Gasteiger partial charge in [0, 0.05) is 5.56 Å². The first-order valence-corrected chi connectivity index (χ1v) is 12.4. The smallest absolute Gasteiger partial charge is 0.243 e. The van der Waals surface area contributed by atoms with Gasteiger partial charge in [0.2, 0.25) is 0 Å². The van der Waals surface area contributed by atoms with Crippen LogP contribution in [0.15, 0.2) is 48.6 Å². The average molecular weight is 598 g/mol. The zero-order chi connectivity index (χ0) is 31.8. The van der Waals surface area contributed by atoms with E-state index in [2.05, 4.69) is 19.9 Å². The number of halogens is 6. The van der Waals surface area contributed by atoms with E-state index in [4.69, 9.17) is 0 Å². The molecule has 0 bridgehead atoms. The molecule has 0 unspecified atom stereocenters. The molecule has 214 valence electrons. The van der Waals surface area contributed by atoms with E-state index in [0.717, 1.165) is 0 Å². The van der Waals surface area contributed by atoms with Gasteiger partial charge in [-0.15, -0.1) is 0 Å². The summed E-state index contributed by atoms with van der Waals surface area (Å²) in [6.07, 6.45) is -5.30. The highest BCUT2D eigenvalue weighted by Gasteiger charge is 2.40. The fraction of sp³-hybridized carbons (Fsp3) is 0.133. The van der Waals surface area contributed by atoms with Crippen molar-refractivity contribution >= 4 is 38.8 Å². The van der Waals surface area contributed by atoms with Crippen molar-refractivity contribution in [2.24, 2.45) is 0 Å². The number of hydrogen-bond donors (Lipinski definition) is 0. The van der Waals surface area contributed by atoms with Crippen molar-refractivity contribution in [3.8, 4) is 35.5 Å². The monoisotopic (exact) mass is 598 g/mol. The fourth-order valence-electron chi connectivity index (χ4n) is 4.76. The van der Waals surface area contributed by atoms with E-state index in [0.29, 0.717) is 6.42 Å². The van der Waals surface area contributed by atoms with Crippen LogP contribution in [0.1, 0.15) is 29.9 Å². The lowest BCUT2D eigenvalue weighted by Gasteiger charge is -2.18. The summed E-state index contributed by atoms with van der Waals surface area (Å²) in [7, 11) is 0. The van der Waals surface area contributed by atoms with Gasteiger partial charge >= 0.3 is 12.4 Å². The van der Waals surface area contributed by atoms with Gasteiger partial charge in [0.15, 0.2) is 11.4 Å². The molecule has 0 saturated carbocycles. The Morgan fingerprint density at radius 3 is 1.52 bits per heavy atom. The molecule has 1 aliphatic carbocycles. The molecule has 1 aliphatic rings. The summed E-state index contributed by atoms with van der Waals surface area (Å²) in [5, 5.41) is 37.8. The Balaban J connectivity index is 2.22. The van der Waals surface area contributed by atoms with Gasteiger partial charge in [-0.3, -0.25) is 0 Å². The Morgan fingerprint density at radius 2 is 1.09 bits per heavy atom. The van der Waals surface area contributed by atoms with Crippen LogP contribution in [0.2, 0.25) is 0 Å². The summed E-state index contributed by atoms with van der Waals surface area (Å²) in [6.45, 7) is 0. The normalized spacial score (nSPS) is 13.0. The topological polar surface area (TPSA) is 147 Å². The number of rotatable bonds is 2. The summed E-state index contributed by atoms with van der Waals surface area (Å²) in [5.74, 6) is 0. The molecule has 0 fully saturated rings. The van der Waals surface area contributed by atoms with Crippen LogP contribution in [0.25, 0.3) is 50.0 Å². The van der Waals surface area contributed by atoms with Crippen molar-refractivity contribution in [3.63, 3.8) is 0 Å². The molecule has 0 amide bonds. The lowest BCUT2D eigenvalue weighted by Crippen LogP contribution is -2.27. The number of nitrogens with zero attached hydrogens (tertiary/aromatic N) is 8. The molecule has 8 nitrogen and oxygen atoms in total. The van der Waals surface area contributed by atoms with E-state index in [-0.39, 0.29) is 17.6 Å². The molecule has 0 aliphatic heterocycles. The van der Waals surface area contributed by atoms with Gasteiger partial charge in [0.1, 0.15) is 63.2 Å². The second-order valence-electron chi connectivity index (χ2n) is 9.20. The van der Waals surface area contributed by atoms with Gasteiger partial charge < -0.3 is 0 Å². The number of hydrogen-bond acceptors (Lipinski definition) is 8. The number of allylic oxidation sites excluding steroid dienone is 4. The molecule has 0 radical (unpaired) electrons. The molecule has 14 heteroatoms. The second kappa shape index (κ2) is 10.9. The fourth-order valence-corrected chi connectivity index (χ4v) is 4.76. The quantitative estimate of drug-likeness (QED) is 0.220. The van der Waals surface area contributed by atoms with E-state index in [1.807, 2.05) is 0 Å². The SMILES string of the molecule is N#CC(C#N)=c1c2nc(-c3ccccc3)c(C(F)(F)F)nc2c(=C(C#N)C#N)c2nc(C3=CC=CCC3)c(C(F)(F)F)nc12. The van der Waals surface area contributed by atoms with Crippen LogP contribution >= 0.6 is 0 Å². The highest BCUT2D eigenvalue weighted by molar-refractivity contribution is 6.01. The first-order valence-electron chi connectivity index (χ1n) is 12.4. The molecule has 2 aromatic heterocycles. The highest BCUT2D eigenvalue weighted by Crippen LogP contribution is 2.37. The maximum Gasteiger partial charge on any atom is 0.435 e. The van der Waals surface area contributed by atoms with Crippen molar-refractivity contribution in [2.45, 2.75) is 25.2 Å². The van der Waals surface area contributed by atoms with E-state index >= 15 is 0 Å². The van der Waals surface area contributed by atoms with Crippen LogP contribution in [0.5, 0.6) is 0 Å². The molecule has 2 heterocycles. The number of aromatic nitrogens is 4. The molecular weight excluding hydrogens is 586 g/mol. The van der Waals surface area contributed by atoms with Crippen molar-refractivity contribution < 1.29 is 26.3 Å². The minimum atomic E-state index is -5.15. The largest absolute Gasteiger partial charge is 0.435 e. The molecule has 2 aromatic carbocycles. The number of alkyl halides is 6. The Morgan fingerprint density at radius 1 is 0.636 bits per heavy atom. The van der Waals surface area contributed by atoms with Gasteiger partial charge in [-0.2, -0.15) is 47.4 Å². The molecule has 0 spiro atoms. The third kappa shape index (κ3) is 4.95. The van der Waals surface area contributed by atoms with Crippen LogP contribution in [-0.4, -0.2) is 19.9 Å². The summed E-state index contributed by atoms with van der Waals surface area (Å²) < 4.78 is 86.7. The predicted octanol–water partition coefficient (Wildman–Crippen LogP) is 5.41. The Kier molecular flexibility index (Phi) is 7.30. The maximum absolute atomic E-state index is 14.5. The van der Waals surface area contributed by atoms with E-state index in [1.165, 1.54) is 66.8 Å². The Bertz CT molecular complexity index is 2210. The molecule has 4 aromatic rings. The molecule has 0 atom stereocenters. The lowest BCUT2D eigenvalue weighted by molar-refractivity contribution is -0.141. The zero-order valence-corrected chi connectivity index (χ0v) is 21.9. The number of nitriles is 4. The van der Waals surface area contributed by atoms with Crippen molar-refractivity contribution in [1.29, 1.82) is 21.0 Å². The zero-order valence-electron chi connectivity index (χ0n) is 21.9. The maximum atomic E-state index is 14.5. The Hall–Kier alpha value is -6.12. The van der Waals surface area contributed by atoms with E-state index < -0.39 is 78.8 Å². The molecule has 44 heavy (non-hydrogen) atoms. The van der Waals surface area contributed by atoms with Gasteiger partial charge in [0.05, 0.1) is 16.1 Å². The van der Waals surface area contributed by atoms with E-state index in [1.54, 1.807) is 6.08 Å². The van der Waals surface area contributed by atoms with Gasteiger partial charge in [-0.25, -0.2) is 19.9 Å². The number of fused-ring (bicyclic) bond motifs is 2. The molecule has 0 saturated heterocycles. The van der Waals surface area contributed by atoms with Crippen LogP contribution in [0.4, 0.5) is 26.3 Å². The molecular formula is C30H12F6N8. The predicted molar refractivity (Wildman–Crippen MR) is 143 cm³/mol. The highest BCUT2D eigenvalue weighted by atomic mass is 19.4. The average Bonchev–Trinajstić information content (AvgIpc) is 3.01. The lowest BCUT2D eigenvalue weighted by atomic mass is 9.98. The minimum Gasteiger partial charge on any atom is -0.243 e. The van der Waals surface area contributed by atoms with Crippen molar-refractivity contribution in [2.75, 3.05) is 0 Å². The summed E-state index contributed by atoms with van der Waals surface area (Å²) >= 11 is 0. The second-order valence-corrected chi connectivity index (χ2v) is 9.20. The van der Waals surface area contributed by atoms with Crippen LogP contribution in [0, 0.1) is 45.3 Å². The standard InChI is InChI=1S/C30H12F6N8/c31-29(32,33)27-21(15-7-3-1-4-8-15)41-23-19(17(11-37)12-38)26-24(20(25(23)43-27)18(13-39)14-40)42-22(16-9-5-2-6-10-16)28(44-26)30(34,35)36/h1-5,7-9H,6,10H2. The molecule has 0 N–H and O–H groups in total. The summed E-state index contributed by atoms with van der Waals surface area (Å²) in [6, 6.07) is 13.0. The first-order chi connectivity index (χ1) is 20.9. The van der Waals surface area contributed by atoms with Crippen LogP contribution in [-0.2, 0) is 12.4 Å². The van der Waals surface area contributed by atoms with Gasteiger partial charge in [0.25, 0.3) is 0 Å². The van der Waals surface area contributed by atoms with Gasteiger partial charge in [-0.1, -0.05) is 48.6 Å². The Labute approximate surface area is 243 Å². The third-order valence-corrected chi connectivity index (χ3v) is 6.59. The summed E-state index contributed by atoms with van der Waals surface area (Å²) in [5.41, 5.74) is -9.11. The van der Waals surface area contributed by atoms with Crippen LogP contribution < -0.4 is 10.4 Å². The van der Waals surface area contributed by atoms with Crippen molar-refractivity contribution in [1.82, 2.24) is 19.9 Å². The first kappa shape index (κ1) is 29.4. The summed E-state index contributed by atoms with van der Waals surface area (Å²) in [4.78, 5) is 15.7. The van der Waals surface area contributed by atoms with Crippen LogP contribution in [0.3, 0.4) is 0 Å². The van der Waals surface area contributed by atoms with E-state index in [9.17, 15) is 47.4 Å². The van der Waals surface area contributed by atoms with Crippen molar-refractivity contribution in [3.05, 3.63) is 76.1 Å². The third-order valence-electron chi connectivity index (χ3n) is 6.59.